The van der Waals surface area contributed by atoms with E-state index in [1.165, 1.54) is 36.9 Å². The van der Waals surface area contributed by atoms with E-state index in [1.807, 2.05) is 6.07 Å². The molecule has 0 spiro atoms. The van der Waals surface area contributed by atoms with Crippen molar-refractivity contribution in [1.29, 1.82) is 0 Å². The van der Waals surface area contributed by atoms with Crippen molar-refractivity contribution in [1.82, 2.24) is 0 Å². The molecule has 2 atom stereocenters. The molecule has 1 saturated carbocycles. The average molecular weight is 291 g/mol. The molecule has 1 aromatic rings. The Morgan fingerprint density at radius 2 is 1.76 bits per heavy atom. The zero-order valence-corrected chi connectivity index (χ0v) is 14.0. The minimum absolute atomic E-state index is 0.572. The molecule has 0 amide bonds. The Labute approximate surface area is 129 Å². The largest absolute Gasteiger partial charge is 0.493 e. The van der Waals surface area contributed by atoms with E-state index in [-0.39, 0.29) is 0 Å². The summed E-state index contributed by atoms with van der Waals surface area (Å²) in [5, 5.41) is 3.72. The van der Waals surface area contributed by atoms with E-state index in [1.54, 1.807) is 14.2 Å². The maximum atomic E-state index is 5.42. The van der Waals surface area contributed by atoms with E-state index in [9.17, 15) is 0 Å². The van der Waals surface area contributed by atoms with E-state index >= 15 is 0 Å². The van der Waals surface area contributed by atoms with Crippen molar-refractivity contribution in [2.45, 2.75) is 52.5 Å². The van der Waals surface area contributed by atoms with Gasteiger partial charge >= 0.3 is 0 Å². The SMILES string of the molecule is COc1cc(C)c(NC2CCCC(C(C)C)C2)cc1OC. The van der Waals surface area contributed by atoms with E-state index < -0.39 is 0 Å². The summed E-state index contributed by atoms with van der Waals surface area (Å²) >= 11 is 0. The third-order valence-electron chi connectivity index (χ3n) is 4.75. The summed E-state index contributed by atoms with van der Waals surface area (Å²) in [7, 11) is 3.37. The number of aryl methyl sites for hydroxylation is 1. The Kier molecular flexibility index (Phi) is 5.38. The van der Waals surface area contributed by atoms with Crippen LogP contribution in [0.15, 0.2) is 12.1 Å². The van der Waals surface area contributed by atoms with Gasteiger partial charge in [0.15, 0.2) is 11.5 Å². The highest BCUT2D eigenvalue weighted by Gasteiger charge is 2.24. The lowest BCUT2D eigenvalue weighted by Gasteiger charge is -2.33. The van der Waals surface area contributed by atoms with E-state index in [4.69, 9.17) is 9.47 Å². The summed E-state index contributed by atoms with van der Waals surface area (Å²) in [5.74, 6) is 3.21. The molecule has 1 N–H and O–H groups in total. The summed E-state index contributed by atoms with van der Waals surface area (Å²) in [5.41, 5.74) is 2.38. The molecule has 2 rings (SSSR count). The first-order valence-corrected chi connectivity index (χ1v) is 8.04. The van der Waals surface area contributed by atoms with Gasteiger partial charge in [0.2, 0.25) is 0 Å². The van der Waals surface area contributed by atoms with Crippen LogP contribution in [0, 0.1) is 18.8 Å². The Bertz CT molecular complexity index is 471. The fourth-order valence-corrected chi connectivity index (χ4v) is 3.32. The van der Waals surface area contributed by atoms with Crippen molar-refractivity contribution >= 4 is 5.69 Å². The highest BCUT2D eigenvalue weighted by Crippen LogP contribution is 2.36. The van der Waals surface area contributed by atoms with Crippen LogP contribution in [0.2, 0.25) is 0 Å². The van der Waals surface area contributed by atoms with Crippen LogP contribution in [0.4, 0.5) is 5.69 Å². The van der Waals surface area contributed by atoms with Gasteiger partial charge in [-0.1, -0.05) is 26.7 Å². The highest BCUT2D eigenvalue weighted by atomic mass is 16.5. The third kappa shape index (κ3) is 3.84. The predicted octanol–water partition coefficient (Wildman–Crippen LogP) is 4.64. The summed E-state index contributed by atoms with van der Waals surface area (Å²) in [4.78, 5) is 0. The lowest BCUT2D eigenvalue weighted by atomic mass is 9.79. The zero-order valence-electron chi connectivity index (χ0n) is 14.0. The van der Waals surface area contributed by atoms with Crippen LogP contribution >= 0.6 is 0 Å². The first-order chi connectivity index (χ1) is 10.0. The lowest BCUT2D eigenvalue weighted by Crippen LogP contribution is -2.29. The number of methoxy groups -OCH3 is 2. The van der Waals surface area contributed by atoms with Gasteiger partial charge in [-0.25, -0.2) is 0 Å². The molecule has 1 aromatic carbocycles. The van der Waals surface area contributed by atoms with Crippen molar-refractivity contribution in [2.75, 3.05) is 19.5 Å². The van der Waals surface area contributed by atoms with E-state index in [0.29, 0.717) is 6.04 Å². The standard InChI is InChI=1S/C18H29NO2/c1-12(2)14-7-6-8-15(10-14)19-16-11-18(21-5)17(20-4)9-13(16)3/h9,11-12,14-15,19H,6-8,10H2,1-5H3. The molecule has 3 heteroatoms. The van der Waals surface area contributed by atoms with Crippen LogP contribution in [-0.2, 0) is 0 Å². The molecule has 0 heterocycles. The Morgan fingerprint density at radius 1 is 1.10 bits per heavy atom. The summed E-state index contributed by atoms with van der Waals surface area (Å²) < 4.78 is 10.8. The van der Waals surface area contributed by atoms with Crippen LogP contribution in [0.1, 0.15) is 45.1 Å². The van der Waals surface area contributed by atoms with Gasteiger partial charge in [0, 0.05) is 17.8 Å². The Hall–Kier alpha value is -1.38. The molecule has 1 aliphatic rings. The predicted molar refractivity (Wildman–Crippen MR) is 88.5 cm³/mol. The van der Waals surface area contributed by atoms with Gasteiger partial charge in [0.25, 0.3) is 0 Å². The Morgan fingerprint density at radius 3 is 2.38 bits per heavy atom. The van der Waals surface area contributed by atoms with Crippen LogP contribution < -0.4 is 14.8 Å². The number of rotatable bonds is 5. The molecule has 118 valence electrons. The second-order valence-corrected chi connectivity index (χ2v) is 6.53. The zero-order chi connectivity index (χ0) is 15.4. The smallest absolute Gasteiger partial charge is 0.162 e. The van der Waals surface area contributed by atoms with Crippen LogP contribution in [0.3, 0.4) is 0 Å². The molecule has 0 bridgehead atoms. The quantitative estimate of drug-likeness (QED) is 0.857. The number of hydrogen-bond donors (Lipinski definition) is 1. The maximum Gasteiger partial charge on any atom is 0.162 e. The first kappa shape index (κ1) is 16.0. The minimum atomic E-state index is 0.572. The van der Waals surface area contributed by atoms with Crippen molar-refractivity contribution in [3.8, 4) is 11.5 Å². The Balaban J connectivity index is 2.12. The van der Waals surface area contributed by atoms with Crippen molar-refractivity contribution in [3.05, 3.63) is 17.7 Å². The van der Waals surface area contributed by atoms with E-state index in [2.05, 4.69) is 32.2 Å². The van der Waals surface area contributed by atoms with Crippen molar-refractivity contribution < 1.29 is 9.47 Å². The normalized spacial score (nSPS) is 22.2. The van der Waals surface area contributed by atoms with Gasteiger partial charge < -0.3 is 14.8 Å². The lowest BCUT2D eigenvalue weighted by molar-refractivity contribution is 0.264. The van der Waals surface area contributed by atoms with Gasteiger partial charge in [0.1, 0.15) is 0 Å². The van der Waals surface area contributed by atoms with Crippen LogP contribution in [0.25, 0.3) is 0 Å². The summed E-state index contributed by atoms with van der Waals surface area (Å²) in [6.45, 7) is 6.80. The van der Waals surface area contributed by atoms with Crippen LogP contribution in [-0.4, -0.2) is 20.3 Å². The first-order valence-electron chi connectivity index (χ1n) is 8.04. The number of hydrogen-bond acceptors (Lipinski definition) is 3. The molecule has 0 aromatic heterocycles. The topological polar surface area (TPSA) is 30.5 Å². The molecule has 1 fully saturated rings. The second-order valence-electron chi connectivity index (χ2n) is 6.53. The monoisotopic (exact) mass is 291 g/mol. The van der Waals surface area contributed by atoms with Gasteiger partial charge in [-0.3, -0.25) is 0 Å². The van der Waals surface area contributed by atoms with Crippen molar-refractivity contribution in [3.63, 3.8) is 0 Å². The molecular formula is C18H29NO2. The average Bonchev–Trinajstić information content (AvgIpc) is 2.49. The molecule has 2 unspecified atom stereocenters. The number of benzene rings is 1. The van der Waals surface area contributed by atoms with Gasteiger partial charge in [-0.15, -0.1) is 0 Å². The van der Waals surface area contributed by atoms with Gasteiger partial charge in [-0.2, -0.15) is 0 Å². The highest BCUT2D eigenvalue weighted by molar-refractivity contribution is 5.60. The number of nitrogens with one attached hydrogen (secondary N) is 1. The molecule has 0 radical (unpaired) electrons. The second kappa shape index (κ2) is 7.06. The maximum absolute atomic E-state index is 5.42. The number of ether oxygens (including phenoxy) is 2. The van der Waals surface area contributed by atoms with Crippen molar-refractivity contribution in [2.24, 2.45) is 11.8 Å². The number of anilines is 1. The molecule has 3 nitrogen and oxygen atoms in total. The minimum Gasteiger partial charge on any atom is -0.493 e. The fraction of sp³-hybridized carbons (Fsp3) is 0.667. The van der Waals surface area contributed by atoms with Crippen LogP contribution in [0.5, 0.6) is 11.5 Å². The molecule has 1 aliphatic carbocycles. The molecule has 21 heavy (non-hydrogen) atoms. The molecular weight excluding hydrogens is 262 g/mol. The fourth-order valence-electron chi connectivity index (χ4n) is 3.32. The molecule has 0 aliphatic heterocycles. The summed E-state index contributed by atoms with van der Waals surface area (Å²) in [6.07, 6.45) is 5.23. The third-order valence-corrected chi connectivity index (χ3v) is 4.75. The van der Waals surface area contributed by atoms with E-state index in [0.717, 1.165) is 23.3 Å². The summed E-state index contributed by atoms with van der Waals surface area (Å²) in [6, 6.07) is 4.68. The molecule has 0 saturated heterocycles. The van der Waals surface area contributed by atoms with Gasteiger partial charge in [-0.05, 0) is 43.2 Å². The van der Waals surface area contributed by atoms with Gasteiger partial charge in [0.05, 0.1) is 14.2 Å².